The highest BCUT2D eigenvalue weighted by Gasteiger charge is 2.35. The number of nitrogens with zero attached hydrogens (tertiary/aromatic N) is 2. The van der Waals surface area contributed by atoms with E-state index in [2.05, 4.69) is 11.4 Å². The Morgan fingerprint density at radius 2 is 1.72 bits per heavy atom. The van der Waals surface area contributed by atoms with Crippen LogP contribution in [-0.4, -0.2) is 34.7 Å². The zero-order chi connectivity index (χ0) is 17.9. The van der Waals surface area contributed by atoms with E-state index < -0.39 is 5.54 Å². The maximum atomic E-state index is 12.3. The average molecular weight is 339 g/mol. The first-order chi connectivity index (χ1) is 12.1. The average Bonchev–Trinajstić information content (AvgIpc) is 2.88. The molecular formula is C19H21N3O3. The van der Waals surface area contributed by atoms with Crippen LogP contribution < -0.4 is 5.32 Å². The molecule has 6 heteroatoms. The van der Waals surface area contributed by atoms with Crippen LogP contribution in [0.1, 0.15) is 65.7 Å². The summed E-state index contributed by atoms with van der Waals surface area (Å²) in [5, 5.41) is 12.3. The van der Waals surface area contributed by atoms with Crippen molar-refractivity contribution < 1.29 is 14.4 Å². The zero-order valence-corrected chi connectivity index (χ0v) is 14.1. The Morgan fingerprint density at radius 1 is 1.12 bits per heavy atom. The second-order valence-electron chi connectivity index (χ2n) is 6.71. The van der Waals surface area contributed by atoms with Crippen molar-refractivity contribution in [2.45, 2.75) is 50.5 Å². The molecule has 6 nitrogen and oxygen atoms in total. The Labute approximate surface area is 146 Å². The molecule has 0 atom stereocenters. The summed E-state index contributed by atoms with van der Waals surface area (Å²) in [6.45, 7) is 0.208. The number of nitriles is 1. The molecule has 1 aromatic carbocycles. The first-order valence-electron chi connectivity index (χ1n) is 8.74. The standard InChI is InChI=1S/C19H21N3O3/c20-13-19(10-4-1-5-11-19)21-16(23)9-6-12-22-17(24)14-7-2-3-8-15(14)18(22)25/h2-3,7-8H,1,4-6,9-12H2,(H,21,23). The summed E-state index contributed by atoms with van der Waals surface area (Å²) < 4.78 is 0. The van der Waals surface area contributed by atoms with E-state index in [0.717, 1.165) is 19.3 Å². The van der Waals surface area contributed by atoms with Gasteiger partial charge in [-0.05, 0) is 31.4 Å². The summed E-state index contributed by atoms with van der Waals surface area (Å²) >= 11 is 0. The predicted molar refractivity (Wildman–Crippen MR) is 90.6 cm³/mol. The molecule has 1 heterocycles. The quantitative estimate of drug-likeness (QED) is 0.834. The van der Waals surface area contributed by atoms with Crippen LogP contribution in [0.4, 0.5) is 0 Å². The van der Waals surface area contributed by atoms with Gasteiger partial charge in [-0.2, -0.15) is 5.26 Å². The highest BCUT2D eigenvalue weighted by molar-refractivity contribution is 6.21. The van der Waals surface area contributed by atoms with Crippen LogP contribution in [-0.2, 0) is 4.79 Å². The van der Waals surface area contributed by atoms with Gasteiger partial charge in [0.05, 0.1) is 17.2 Å². The van der Waals surface area contributed by atoms with Crippen molar-refractivity contribution in [3.05, 3.63) is 35.4 Å². The van der Waals surface area contributed by atoms with Gasteiger partial charge >= 0.3 is 0 Å². The normalized spacial score (nSPS) is 18.6. The summed E-state index contributed by atoms with van der Waals surface area (Å²) in [6, 6.07) is 8.99. The third kappa shape index (κ3) is 3.41. The van der Waals surface area contributed by atoms with Crippen molar-refractivity contribution in [1.82, 2.24) is 10.2 Å². The van der Waals surface area contributed by atoms with Crippen molar-refractivity contribution >= 4 is 17.7 Å². The minimum absolute atomic E-state index is 0.191. The molecule has 1 saturated carbocycles. The number of imide groups is 1. The molecular weight excluding hydrogens is 318 g/mol. The lowest BCUT2D eigenvalue weighted by Crippen LogP contribution is -2.48. The Hall–Kier alpha value is -2.68. The van der Waals surface area contributed by atoms with E-state index in [4.69, 9.17) is 0 Å². The van der Waals surface area contributed by atoms with E-state index in [9.17, 15) is 19.6 Å². The molecule has 0 bridgehead atoms. The van der Waals surface area contributed by atoms with Gasteiger partial charge in [-0.1, -0.05) is 31.4 Å². The Bertz CT molecular complexity index is 710. The largest absolute Gasteiger partial charge is 0.338 e. The molecule has 1 fully saturated rings. The van der Waals surface area contributed by atoms with Crippen LogP contribution >= 0.6 is 0 Å². The molecule has 0 aromatic heterocycles. The topological polar surface area (TPSA) is 90.3 Å². The maximum Gasteiger partial charge on any atom is 0.261 e. The second kappa shape index (κ2) is 7.06. The number of hydrogen-bond donors (Lipinski definition) is 1. The molecule has 130 valence electrons. The highest BCUT2D eigenvalue weighted by atomic mass is 16.2. The van der Waals surface area contributed by atoms with E-state index in [0.29, 0.717) is 30.4 Å². The number of benzene rings is 1. The van der Waals surface area contributed by atoms with E-state index >= 15 is 0 Å². The third-order valence-electron chi connectivity index (χ3n) is 4.96. The monoisotopic (exact) mass is 339 g/mol. The van der Waals surface area contributed by atoms with Crippen molar-refractivity contribution in [1.29, 1.82) is 5.26 Å². The number of rotatable bonds is 5. The fraction of sp³-hybridized carbons (Fsp3) is 0.474. The summed E-state index contributed by atoms with van der Waals surface area (Å²) in [6.07, 6.45) is 4.95. The molecule has 2 aliphatic rings. The molecule has 1 aliphatic carbocycles. The summed E-state index contributed by atoms with van der Waals surface area (Å²) in [7, 11) is 0. The zero-order valence-electron chi connectivity index (χ0n) is 14.1. The van der Waals surface area contributed by atoms with Gasteiger partial charge in [-0.3, -0.25) is 19.3 Å². The lowest BCUT2D eigenvalue weighted by Gasteiger charge is -2.31. The highest BCUT2D eigenvalue weighted by Crippen LogP contribution is 2.28. The number of amides is 3. The van der Waals surface area contributed by atoms with Gasteiger partial charge in [0.2, 0.25) is 5.91 Å². The van der Waals surface area contributed by atoms with Crippen molar-refractivity contribution in [3.8, 4) is 6.07 Å². The van der Waals surface area contributed by atoms with Crippen LogP contribution in [0.5, 0.6) is 0 Å². The van der Waals surface area contributed by atoms with Crippen molar-refractivity contribution in [2.75, 3.05) is 6.54 Å². The minimum atomic E-state index is -0.745. The number of fused-ring (bicyclic) bond motifs is 1. The van der Waals surface area contributed by atoms with Crippen LogP contribution in [0.25, 0.3) is 0 Å². The fourth-order valence-electron chi connectivity index (χ4n) is 3.59. The molecule has 3 rings (SSSR count). The second-order valence-corrected chi connectivity index (χ2v) is 6.71. The van der Waals surface area contributed by atoms with Gasteiger partial charge in [-0.25, -0.2) is 0 Å². The third-order valence-corrected chi connectivity index (χ3v) is 4.96. The lowest BCUT2D eigenvalue weighted by atomic mass is 9.83. The van der Waals surface area contributed by atoms with Gasteiger partial charge in [0.1, 0.15) is 5.54 Å². The number of nitrogens with one attached hydrogen (secondary N) is 1. The van der Waals surface area contributed by atoms with Crippen LogP contribution in [0.2, 0.25) is 0 Å². The van der Waals surface area contributed by atoms with Gasteiger partial charge < -0.3 is 5.32 Å². The number of carbonyl (C=O) groups excluding carboxylic acids is 3. The van der Waals surface area contributed by atoms with E-state index in [1.165, 1.54) is 4.90 Å². The maximum absolute atomic E-state index is 12.3. The Kier molecular flexibility index (Phi) is 4.84. The minimum Gasteiger partial charge on any atom is -0.338 e. The van der Waals surface area contributed by atoms with Gasteiger partial charge in [0.15, 0.2) is 0 Å². The van der Waals surface area contributed by atoms with Crippen LogP contribution in [0.3, 0.4) is 0 Å². The van der Waals surface area contributed by atoms with E-state index in [1.54, 1.807) is 24.3 Å². The SMILES string of the molecule is N#CC1(NC(=O)CCCN2C(=O)c3ccccc3C2=O)CCCCC1. The summed E-state index contributed by atoms with van der Waals surface area (Å²) in [4.78, 5) is 37.9. The molecule has 0 saturated heterocycles. The Morgan fingerprint density at radius 3 is 2.28 bits per heavy atom. The summed E-state index contributed by atoms with van der Waals surface area (Å²) in [5.41, 5.74) is 0.0929. The molecule has 3 amide bonds. The van der Waals surface area contributed by atoms with Gasteiger partial charge in [-0.15, -0.1) is 0 Å². The first-order valence-corrected chi connectivity index (χ1v) is 8.74. The van der Waals surface area contributed by atoms with Gasteiger partial charge in [0.25, 0.3) is 11.8 Å². The molecule has 1 N–H and O–H groups in total. The van der Waals surface area contributed by atoms with Crippen molar-refractivity contribution in [3.63, 3.8) is 0 Å². The number of hydrogen-bond acceptors (Lipinski definition) is 4. The van der Waals surface area contributed by atoms with Gasteiger partial charge in [0, 0.05) is 13.0 Å². The molecule has 0 spiro atoms. The molecule has 0 radical (unpaired) electrons. The molecule has 1 aliphatic heterocycles. The smallest absolute Gasteiger partial charge is 0.261 e. The fourth-order valence-corrected chi connectivity index (χ4v) is 3.59. The first kappa shape index (κ1) is 17.2. The van der Waals surface area contributed by atoms with E-state index in [1.807, 2.05) is 0 Å². The van der Waals surface area contributed by atoms with Crippen molar-refractivity contribution in [2.24, 2.45) is 0 Å². The molecule has 0 unspecified atom stereocenters. The lowest BCUT2D eigenvalue weighted by molar-refractivity contribution is -0.122. The Balaban J connectivity index is 1.52. The predicted octanol–water partition coefficient (Wildman–Crippen LogP) is 2.41. The molecule has 25 heavy (non-hydrogen) atoms. The molecule has 1 aromatic rings. The summed E-state index contributed by atoms with van der Waals surface area (Å²) in [5.74, 6) is -0.802. The van der Waals surface area contributed by atoms with Crippen LogP contribution in [0.15, 0.2) is 24.3 Å². The number of carbonyl (C=O) groups is 3. The van der Waals surface area contributed by atoms with Crippen LogP contribution in [0, 0.1) is 11.3 Å². The van der Waals surface area contributed by atoms with E-state index in [-0.39, 0.29) is 30.7 Å².